The maximum atomic E-state index is 13.7. The van der Waals surface area contributed by atoms with Crippen LogP contribution in [0.4, 0.5) is 4.39 Å². The van der Waals surface area contributed by atoms with Crippen LogP contribution >= 0.6 is 23.1 Å². The molecule has 0 saturated carbocycles. The molecule has 0 radical (unpaired) electrons. The number of nitrogens with zero attached hydrogens (tertiary/aromatic N) is 1. The summed E-state index contributed by atoms with van der Waals surface area (Å²) in [4.78, 5) is 27.4. The Morgan fingerprint density at radius 3 is 2.83 bits per heavy atom. The van der Waals surface area contributed by atoms with Gasteiger partial charge in [-0.25, -0.2) is 14.2 Å². The van der Waals surface area contributed by atoms with Gasteiger partial charge >= 0.3 is 5.97 Å². The number of nitrogens with one attached hydrogen (secondary N) is 1. The highest BCUT2D eigenvalue weighted by Crippen LogP contribution is 2.26. The Bertz CT molecular complexity index is 721. The number of thioether (sulfide) groups is 1. The van der Waals surface area contributed by atoms with Crippen LogP contribution in [0.5, 0.6) is 0 Å². The Morgan fingerprint density at radius 2 is 2.17 bits per heavy atom. The number of carbonyl (C=O) groups is 2. The SMILES string of the molecule is CSCC[C@H](NC(=O)Cc1csc(-c2ccccc2F)n1)C(=O)O. The maximum absolute atomic E-state index is 13.7. The van der Waals surface area contributed by atoms with Crippen LogP contribution in [0.25, 0.3) is 10.6 Å². The molecule has 0 unspecified atom stereocenters. The van der Waals surface area contributed by atoms with Crippen molar-refractivity contribution in [1.82, 2.24) is 10.3 Å². The molecule has 1 atom stereocenters. The molecule has 0 aliphatic heterocycles. The van der Waals surface area contributed by atoms with E-state index in [-0.39, 0.29) is 12.2 Å². The summed E-state index contributed by atoms with van der Waals surface area (Å²) in [5, 5.41) is 13.8. The summed E-state index contributed by atoms with van der Waals surface area (Å²) < 4.78 is 13.7. The number of aromatic nitrogens is 1. The van der Waals surface area contributed by atoms with Crippen molar-refractivity contribution in [1.29, 1.82) is 0 Å². The van der Waals surface area contributed by atoms with Crippen molar-refractivity contribution in [2.24, 2.45) is 0 Å². The predicted octanol–water partition coefficient (Wildman–Crippen LogP) is 2.81. The van der Waals surface area contributed by atoms with Crippen LogP contribution < -0.4 is 5.32 Å². The van der Waals surface area contributed by atoms with Gasteiger partial charge in [0.25, 0.3) is 0 Å². The van der Waals surface area contributed by atoms with Crippen LogP contribution in [0.15, 0.2) is 29.6 Å². The number of thiazole rings is 1. The van der Waals surface area contributed by atoms with Gasteiger partial charge < -0.3 is 10.4 Å². The summed E-state index contributed by atoms with van der Waals surface area (Å²) in [7, 11) is 0. The fourth-order valence-electron chi connectivity index (χ4n) is 2.05. The van der Waals surface area contributed by atoms with E-state index in [0.717, 1.165) is 0 Å². The van der Waals surface area contributed by atoms with Crippen molar-refractivity contribution in [3.63, 3.8) is 0 Å². The quantitative estimate of drug-likeness (QED) is 0.749. The highest BCUT2D eigenvalue weighted by molar-refractivity contribution is 7.98. The number of hydrogen-bond donors (Lipinski definition) is 2. The number of carbonyl (C=O) groups excluding carboxylic acids is 1. The van der Waals surface area contributed by atoms with Crippen molar-refractivity contribution < 1.29 is 19.1 Å². The van der Waals surface area contributed by atoms with E-state index in [1.807, 2.05) is 6.26 Å². The molecule has 1 heterocycles. The maximum Gasteiger partial charge on any atom is 0.326 e. The molecule has 1 amide bonds. The first kappa shape index (κ1) is 18.4. The summed E-state index contributed by atoms with van der Waals surface area (Å²) in [5.74, 6) is -1.19. The van der Waals surface area contributed by atoms with Gasteiger partial charge in [-0.1, -0.05) is 12.1 Å². The Kier molecular flexibility index (Phi) is 6.74. The van der Waals surface area contributed by atoms with E-state index < -0.39 is 17.9 Å². The number of carboxylic acids is 1. The first-order valence-corrected chi connectivity index (χ1v) is 9.49. The summed E-state index contributed by atoms with van der Waals surface area (Å²) in [6.07, 6.45) is 2.20. The molecule has 24 heavy (non-hydrogen) atoms. The first-order valence-electron chi connectivity index (χ1n) is 7.21. The molecule has 128 valence electrons. The second kappa shape index (κ2) is 8.79. The van der Waals surface area contributed by atoms with Crippen LogP contribution in [0, 0.1) is 5.82 Å². The van der Waals surface area contributed by atoms with Gasteiger partial charge in [-0.15, -0.1) is 11.3 Å². The predicted molar refractivity (Wildman–Crippen MR) is 93.8 cm³/mol. The van der Waals surface area contributed by atoms with Crippen LogP contribution in [0.2, 0.25) is 0 Å². The largest absolute Gasteiger partial charge is 0.480 e. The first-order chi connectivity index (χ1) is 11.5. The van der Waals surface area contributed by atoms with Gasteiger partial charge in [0.05, 0.1) is 12.1 Å². The van der Waals surface area contributed by atoms with Crippen molar-refractivity contribution >= 4 is 35.0 Å². The van der Waals surface area contributed by atoms with Gasteiger partial charge in [-0.3, -0.25) is 4.79 Å². The molecule has 2 N–H and O–H groups in total. The van der Waals surface area contributed by atoms with Crippen molar-refractivity contribution in [2.45, 2.75) is 18.9 Å². The topological polar surface area (TPSA) is 79.3 Å². The molecule has 0 fully saturated rings. The van der Waals surface area contributed by atoms with Gasteiger partial charge in [0.15, 0.2) is 0 Å². The van der Waals surface area contributed by atoms with E-state index in [0.29, 0.717) is 28.4 Å². The lowest BCUT2D eigenvalue weighted by Crippen LogP contribution is -2.41. The lowest BCUT2D eigenvalue weighted by Gasteiger charge is -2.13. The summed E-state index contributed by atoms with van der Waals surface area (Å²) in [6.45, 7) is 0. The molecule has 2 aromatic rings. The molecular weight excluding hydrogens is 351 g/mol. The molecule has 1 aromatic heterocycles. The molecule has 1 aromatic carbocycles. The molecule has 0 saturated heterocycles. The van der Waals surface area contributed by atoms with E-state index in [4.69, 9.17) is 5.11 Å². The minimum absolute atomic E-state index is 0.0337. The number of amides is 1. The van der Waals surface area contributed by atoms with E-state index >= 15 is 0 Å². The summed E-state index contributed by atoms with van der Waals surface area (Å²) in [5.41, 5.74) is 0.877. The van der Waals surface area contributed by atoms with Gasteiger partial charge in [0.2, 0.25) is 5.91 Å². The highest BCUT2D eigenvalue weighted by Gasteiger charge is 2.20. The monoisotopic (exact) mass is 368 g/mol. The highest BCUT2D eigenvalue weighted by atomic mass is 32.2. The zero-order valence-corrected chi connectivity index (χ0v) is 14.6. The summed E-state index contributed by atoms with van der Waals surface area (Å²) >= 11 is 2.77. The van der Waals surface area contributed by atoms with Crippen LogP contribution in [-0.4, -0.2) is 40.0 Å². The average molecular weight is 368 g/mol. The Balaban J connectivity index is 2.00. The average Bonchev–Trinajstić information content (AvgIpc) is 2.99. The summed E-state index contributed by atoms with van der Waals surface area (Å²) in [6, 6.07) is 5.39. The Hall–Kier alpha value is -1.93. The third-order valence-electron chi connectivity index (χ3n) is 3.24. The zero-order valence-electron chi connectivity index (χ0n) is 13.0. The third-order valence-corrected chi connectivity index (χ3v) is 4.81. The number of aliphatic carboxylic acids is 1. The number of carboxylic acid groups (broad SMARTS) is 1. The standard InChI is InChI=1S/C16H17FN2O3S2/c1-23-7-6-13(16(21)22)19-14(20)8-10-9-24-15(18-10)11-4-2-3-5-12(11)17/h2-5,9,13H,6-8H2,1H3,(H,19,20)(H,21,22)/t13-/m0/s1. The minimum atomic E-state index is -1.05. The van der Waals surface area contributed by atoms with Gasteiger partial charge in [0, 0.05) is 10.9 Å². The Labute approximate surface area is 147 Å². The van der Waals surface area contributed by atoms with Gasteiger partial charge in [-0.2, -0.15) is 11.8 Å². The minimum Gasteiger partial charge on any atom is -0.480 e. The van der Waals surface area contributed by atoms with E-state index in [1.165, 1.54) is 29.2 Å². The Morgan fingerprint density at radius 1 is 1.42 bits per heavy atom. The smallest absolute Gasteiger partial charge is 0.326 e. The van der Waals surface area contributed by atoms with E-state index in [9.17, 15) is 14.0 Å². The van der Waals surface area contributed by atoms with Crippen LogP contribution in [0.3, 0.4) is 0 Å². The zero-order chi connectivity index (χ0) is 17.5. The fraction of sp³-hybridized carbons (Fsp3) is 0.312. The molecule has 5 nitrogen and oxygen atoms in total. The number of hydrogen-bond acceptors (Lipinski definition) is 5. The molecule has 8 heteroatoms. The number of benzene rings is 1. The molecule has 0 bridgehead atoms. The molecule has 2 rings (SSSR count). The molecular formula is C16H17FN2O3S2. The molecule has 0 spiro atoms. The molecule has 0 aliphatic rings. The lowest BCUT2D eigenvalue weighted by molar-refractivity contribution is -0.141. The normalized spacial score (nSPS) is 11.9. The van der Waals surface area contributed by atoms with Crippen LogP contribution in [-0.2, 0) is 16.0 Å². The van der Waals surface area contributed by atoms with Crippen molar-refractivity contribution in [3.8, 4) is 10.6 Å². The van der Waals surface area contributed by atoms with Crippen molar-refractivity contribution in [2.75, 3.05) is 12.0 Å². The van der Waals surface area contributed by atoms with Gasteiger partial charge in [-0.05, 0) is 30.6 Å². The second-order valence-corrected chi connectivity index (χ2v) is 6.88. The van der Waals surface area contributed by atoms with Crippen LogP contribution in [0.1, 0.15) is 12.1 Å². The van der Waals surface area contributed by atoms with Gasteiger partial charge in [0.1, 0.15) is 16.9 Å². The lowest BCUT2D eigenvalue weighted by atomic mass is 10.2. The molecule has 0 aliphatic carbocycles. The number of rotatable bonds is 8. The second-order valence-electron chi connectivity index (χ2n) is 5.04. The van der Waals surface area contributed by atoms with Crippen molar-refractivity contribution in [3.05, 3.63) is 41.2 Å². The number of halogens is 1. The fourth-order valence-corrected chi connectivity index (χ4v) is 3.37. The van der Waals surface area contributed by atoms with E-state index in [2.05, 4.69) is 10.3 Å². The van der Waals surface area contributed by atoms with E-state index in [1.54, 1.807) is 23.6 Å². The third kappa shape index (κ3) is 5.04.